The van der Waals surface area contributed by atoms with Gasteiger partial charge in [-0.3, -0.25) is 0 Å². The first kappa shape index (κ1) is 11.5. The average Bonchev–Trinajstić information content (AvgIpc) is 2.17. The Hall–Kier alpha value is -0.550. The predicted molar refractivity (Wildman–Crippen MR) is 56.5 cm³/mol. The van der Waals surface area contributed by atoms with Crippen LogP contribution >= 0.6 is 0 Å². The van der Waals surface area contributed by atoms with Gasteiger partial charge in [-0.1, -0.05) is 13.8 Å². The molecule has 0 aromatic carbocycles. The van der Waals surface area contributed by atoms with Gasteiger partial charge in [0, 0.05) is 0 Å². The third kappa shape index (κ3) is 2.09. The zero-order chi connectivity index (χ0) is 10.8. The highest BCUT2D eigenvalue weighted by Gasteiger charge is 2.39. The molecule has 1 aliphatic rings. The predicted octanol–water partition coefficient (Wildman–Crippen LogP) is 2.72. The van der Waals surface area contributed by atoms with Gasteiger partial charge in [-0.05, 0) is 44.4 Å². The van der Waals surface area contributed by atoms with E-state index in [1.807, 2.05) is 0 Å². The average molecular weight is 195 g/mol. The van der Waals surface area contributed by atoms with Gasteiger partial charge in [0.15, 0.2) is 0 Å². The molecule has 0 radical (unpaired) electrons. The molecule has 1 saturated carbocycles. The molecule has 0 spiro atoms. The molecule has 0 aromatic heterocycles. The van der Waals surface area contributed by atoms with Crippen LogP contribution in [0.3, 0.4) is 0 Å². The third-order valence-electron chi connectivity index (χ3n) is 3.89. The molecule has 0 aromatic rings. The van der Waals surface area contributed by atoms with Crippen molar-refractivity contribution in [1.82, 2.24) is 0 Å². The van der Waals surface area contributed by atoms with Crippen molar-refractivity contribution in [3.63, 3.8) is 0 Å². The fourth-order valence-electron chi connectivity index (χ4n) is 2.44. The molecule has 1 unspecified atom stereocenters. The van der Waals surface area contributed by atoms with Crippen molar-refractivity contribution in [2.45, 2.75) is 52.6 Å². The second-order valence-electron chi connectivity index (χ2n) is 5.03. The Balaban J connectivity index is 2.61. The van der Waals surface area contributed by atoms with Crippen LogP contribution in [0.1, 0.15) is 46.5 Å². The van der Waals surface area contributed by atoms with Crippen LogP contribution in [0.4, 0.5) is 0 Å². The fraction of sp³-hybridized carbons (Fsp3) is 0.917. The molecule has 1 fully saturated rings. The molecule has 0 bridgehead atoms. The summed E-state index contributed by atoms with van der Waals surface area (Å²) >= 11 is 0. The second-order valence-corrected chi connectivity index (χ2v) is 5.03. The first-order chi connectivity index (χ1) is 6.52. The highest BCUT2D eigenvalue weighted by Crippen LogP contribution is 2.43. The summed E-state index contributed by atoms with van der Waals surface area (Å²) in [6.45, 7) is 6.23. The molecule has 0 heterocycles. The van der Waals surface area contributed by atoms with Crippen LogP contribution in [0.5, 0.6) is 0 Å². The van der Waals surface area contributed by atoms with Gasteiger partial charge in [-0.15, -0.1) is 0 Å². The first-order valence-electron chi connectivity index (χ1n) is 5.61. The van der Waals surface area contributed by atoms with Crippen molar-refractivity contribution in [3.05, 3.63) is 0 Å². The van der Waals surface area contributed by atoms with Crippen LogP contribution in [-0.4, -0.2) is 11.2 Å². The third-order valence-corrected chi connectivity index (χ3v) is 3.89. The van der Waals surface area contributed by atoms with E-state index in [4.69, 9.17) is 5.26 Å². The summed E-state index contributed by atoms with van der Waals surface area (Å²) in [6, 6.07) is 2.33. The van der Waals surface area contributed by atoms with E-state index >= 15 is 0 Å². The van der Waals surface area contributed by atoms with E-state index in [2.05, 4.69) is 19.9 Å². The Morgan fingerprint density at radius 3 is 2.07 bits per heavy atom. The first-order valence-corrected chi connectivity index (χ1v) is 5.61. The molecule has 2 nitrogen and oxygen atoms in total. The van der Waals surface area contributed by atoms with E-state index in [1.54, 1.807) is 6.92 Å². The van der Waals surface area contributed by atoms with Crippen molar-refractivity contribution >= 4 is 0 Å². The van der Waals surface area contributed by atoms with E-state index in [9.17, 15) is 5.11 Å². The number of rotatable bonds is 2. The quantitative estimate of drug-likeness (QED) is 0.736. The number of aliphatic hydroxyl groups excluding tert-OH is 1. The second kappa shape index (κ2) is 4.31. The van der Waals surface area contributed by atoms with Crippen LogP contribution in [0, 0.1) is 28.6 Å². The molecule has 0 aliphatic heterocycles. The molecular weight excluding hydrogens is 174 g/mol. The summed E-state index contributed by atoms with van der Waals surface area (Å²) in [4.78, 5) is 0. The van der Waals surface area contributed by atoms with Crippen molar-refractivity contribution in [1.29, 1.82) is 5.26 Å². The molecule has 80 valence electrons. The molecule has 0 saturated heterocycles. The zero-order valence-corrected chi connectivity index (χ0v) is 9.45. The molecule has 2 heteroatoms. The van der Waals surface area contributed by atoms with Crippen LogP contribution in [0.15, 0.2) is 0 Å². The smallest absolute Gasteiger partial charge is 0.0829 e. The summed E-state index contributed by atoms with van der Waals surface area (Å²) in [5, 5.41) is 18.8. The van der Waals surface area contributed by atoms with Gasteiger partial charge in [0.2, 0.25) is 0 Å². The summed E-state index contributed by atoms with van der Waals surface area (Å²) < 4.78 is 0. The largest absolute Gasteiger partial charge is 0.392 e. The standard InChI is InChI=1S/C12H21NO/c1-9(2)11-4-6-12(8-13,7-5-11)10(3)14/h9-11,14H,4-7H2,1-3H3. The zero-order valence-electron chi connectivity index (χ0n) is 9.45. The van der Waals surface area contributed by atoms with Gasteiger partial charge < -0.3 is 5.11 Å². The van der Waals surface area contributed by atoms with E-state index in [0.29, 0.717) is 5.92 Å². The Bertz CT molecular complexity index is 219. The summed E-state index contributed by atoms with van der Waals surface area (Å²) in [6.07, 6.45) is 3.43. The minimum Gasteiger partial charge on any atom is -0.392 e. The number of aliphatic hydroxyl groups is 1. The molecule has 0 amide bonds. The molecule has 14 heavy (non-hydrogen) atoms. The molecule has 1 rings (SSSR count). The maximum Gasteiger partial charge on any atom is 0.0829 e. The normalized spacial score (nSPS) is 35.3. The van der Waals surface area contributed by atoms with Gasteiger partial charge in [-0.2, -0.15) is 5.26 Å². The fourth-order valence-corrected chi connectivity index (χ4v) is 2.44. The number of hydrogen-bond acceptors (Lipinski definition) is 2. The molecular formula is C12H21NO. The monoisotopic (exact) mass is 195 g/mol. The van der Waals surface area contributed by atoms with E-state index < -0.39 is 11.5 Å². The van der Waals surface area contributed by atoms with Gasteiger partial charge in [0.05, 0.1) is 17.6 Å². The summed E-state index contributed by atoms with van der Waals surface area (Å²) in [5.41, 5.74) is -0.453. The highest BCUT2D eigenvalue weighted by atomic mass is 16.3. The lowest BCUT2D eigenvalue weighted by Gasteiger charge is -2.38. The van der Waals surface area contributed by atoms with Gasteiger partial charge >= 0.3 is 0 Å². The highest BCUT2D eigenvalue weighted by molar-refractivity contribution is 5.04. The van der Waals surface area contributed by atoms with Crippen molar-refractivity contribution in [3.8, 4) is 6.07 Å². The van der Waals surface area contributed by atoms with Crippen molar-refractivity contribution in [2.75, 3.05) is 0 Å². The Morgan fingerprint density at radius 2 is 1.79 bits per heavy atom. The van der Waals surface area contributed by atoms with Crippen molar-refractivity contribution in [2.24, 2.45) is 17.3 Å². The Morgan fingerprint density at radius 1 is 1.29 bits per heavy atom. The Labute approximate surface area is 86.9 Å². The van der Waals surface area contributed by atoms with Crippen LogP contribution in [-0.2, 0) is 0 Å². The summed E-state index contributed by atoms with van der Waals surface area (Å²) in [5.74, 6) is 1.45. The lowest BCUT2D eigenvalue weighted by Crippen LogP contribution is -2.36. The van der Waals surface area contributed by atoms with Gasteiger partial charge in [0.1, 0.15) is 0 Å². The number of nitrogens with zero attached hydrogens (tertiary/aromatic N) is 1. The molecule has 1 N–H and O–H groups in total. The van der Waals surface area contributed by atoms with Crippen molar-refractivity contribution < 1.29 is 5.11 Å². The van der Waals surface area contributed by atoms with Crippen LogP contribution < -0.4 is 0 Å². The molecule has 1 aliphatic carbocycles. The maximum absolute atomic E-state index is 9.63. The van der Waals surface area contributed by atoms with Gasteiger partial charge in [-0.25, -0.2) is 0 Å². The number of hydrogen-bond donors (Lipinski definition) is 1. The lowest BCUT2D eigenvalue weighted by atomic mass is 9.66. The topological polar surface area (TPSA) is 44.0 Å². The minimum atomic E-state index is -0.486. The molecule has 1 atom stereocenters. The Kier molecular flexibility index (Phi) is 3.55. The summed E-state index contributed by atoms with van der Waals surface area (Å²) in [7, 11) is 0. The lowest BCUT2D eigenvalue weighted by molar-refractivity contribution is 0.0330. The van der Waals surface area contributed by atoms with E-state index in [-0.39, 0.29) is 0 Å². The SMILES string of the molecule is CC(C)C1CCC(C#N)(C(C)O)CC1. The maximum atomic E-state index is 9.63. The van der Waals surface area contributed by atoms with Gasteiger partial charge in [0.25, 0.3) is 0 Å². The van der Waals surface area contributed by atoms with E-state index in [1.165, 1.54) is 0 Å². The van der Waals surface area contributed by atoms with Crippen LogP contribution in [0.2, 0.25) is 0 Å². The number of nitriles is 1. The van der Waals surface area contributed by atoms with Crippen LogP contribution in [0.25, 0.3) is 0 Å². The minimum absolute atomic E-state index is 0.453. The van der Waals surface area contributed by atoms with E-state index in [0.717, 1.165) is 31.6 Å².